The summed E-state index contributed by atoms with van der Waals surface area (Å²) in [5.41, 5.74) is 1.95. The second kappa shape index (κ2) is 8.79. The van der Waals surface area contributed by atoms with Crippen LogP contribution in [-0.2, 0) is 6.54 Å². The van der Waals surface area contributed by atoms with Gasteiger partial charge in [0.15, 0.2) is 0 Å². The molecule has 1 aliphatic heterocycles. The Kier molecular flexibility index (Phi) is 6.45. The van der Waals surface area contributed by atoms with Crippen LogP contribution in [0.5, 0.6) is 5.75 Å². The smallest absolute Gasteiger partial charge is 0.127 e. The quantitative estimate of drug-likeness (QED) is 0.730. The summed E-state index contributed by atoms with van der Waals surface area (Å²) in [5.74, 6) is 0.700. The fourth-order valence-electron chi connectivity index (χ4n) is 3.36. The second-order valence-electron chi connectivity index (χ2n) is 6.40. The van der Waals surface area contributed by atoms with E-state index in [9.17, 15) is 4.39 Å². The fourth-order valence-corrected chi connectivity index (χ4v) is 3.77. The molecule has 1 unspecified atom stereocenters. The topological polar surface area (TPSA) is 24.5 Å². The number of nitrogens with one attached hydrogen (secondary N) is 1. The van der Waals surface area contributed by atoms with E-state index < -0.39 is 0 Å². The third-order valence-corrected chi connectivity index (χ3v) is 5.24. The number of halogens is 2. The maximum atomic E-state index is 13.9. The Bertz CT molecular complexity index is 687. The Balaban J connectivity index is 1.68. The van der Waals surface area contributed by atoms with Crippen LogP contribution in [0.3, 0.4) is 0 Å². The molecular weight excluding hydrogens is 383 g/mol. The molecule has 1 atom stereocenters. The highest BCUT2D eigenvalue weighted by Crippen LogP contribution is 2.26. The van der Waals surface area contributed by atoms with Gasteiger partial charge in [0, 0.05) is 29.2 Å². The Morgan fingerprint density at radius 3 is 2.56 bits per heavy atom. The van der Waals surface area contributed by atoms with Gasteiger partial charge in [-0.25, -0.2) is 4.39 Å². The normalized spacial score (nSPS) is 16.1. The van der Waals surface area contributed by atoms with Crippen molar-refractivity contribution in [1.29, 1.82) is 0 Å². The van der Waals surface area contributed by atoms with Gasteiger partial charge in [-0.3, -0.25) is 4.90 Å². The maximum absolute atomic E-state index is 13.9. The summed E-state index contributed by atoms with van der Waals surface area (Å²) in [5, 5.41) is 3.44. The first-order valence-electron chi connectivity index (χ1n) is 8.70. The zero-order chi connectivity index (χ0) is 17.6. The number of hydrogen-bond acceptors (Lipinski definition) is 3. The van der Waals surface area contributed by atoms with Gasteiger partial charge in [0.1, 0.15) is 11.6 Å². The average Bonchev–Trinajstić information content (AvgIpc) is 3.16. The number of nitrogens with zero attached hydrogens (tertiary/aromatic N) is 1. The molecule has 1 fully saturated rings. The van der Waals surface area contributed by atoms with Crippen LogP contribution in [0.4, 0.5) is 4.39 Å². The molecule has 5 heteroatoms. The average molecular weight is 407 g/mol. The first-order valence-corrected chi connectivity index (χ1v) is 9.49. The first-order chi connectivity index (χ1) is 12.2. The van der Waals surface area contributed by atoms with Crippen molar-refractivity contribution in [2.75, 3.05) is 26.7 Å². The van der Waals surface area contributed by atoms with Crippen molar-refractivity contribution in [3.05, 3.63) is 63.9 Å². The molecule has 1 saturated heterocycles. The zero-order valence-electron chi connectivity index (χ0n) is 14.5. The van der Waals surface area contributed by atoms with Crippen LogP contribution in [0.1, 0.15) is 30.0 Å². The van der Waals surface area contributed by atoms with Crippen molar-refractivity contribution in [1.82, 2.24) is 10.2 Å². The minimum atomic E-state index is -0.169. The molecule has 134 valence electrons. The van der Waals surface area contributed by atoms with E-state index in [1.165, 1.54) is 24.5 Å². The lowest BCUT2D eigenvalue weighted by atomic mass is 10.0. The van der Waals surface area contributed by atoms with Crippen LogP contribution in [0.15, 0.2) is 46.9 Å². The van der Waals surface area contributed by atoms with Crippen molar-refractivity contribution < 1.29 is 9.13 Å². The second-order valence-corrected chi connectivity index (χ2v) is 7.31. The Hall–Kier alpha value is -1.43. The molecule has 3 rings (SSSR count). The van der Waals surface area contributed by atoms with Crippen molar-refractivity contribution >= 4 is 15.9 Å². The van der Waals surface area contributed by atoms with Crippen LogP contribution in [-0.4, -0.2) is 31.6 Å². The third kappa shape index (κ3) is 4.81. The van der Waals surface area contributed by atoms with E-state index in [0.717, 1.165) is 29.9 Å². The van der Waals surface area contributed by atoms with Crippen LogP contribution < -0.4 is 10.1 Å². The van der Waals surface area contributed by atoms with Crippen molar-refractivity contribution in [2.24, 2.45) is 0 Å². The predicted octanol–water partition coefficient (Wildman–Crippen LogP) is 4.52. The summed E-state index contributed by atoms with van der Waals surface area (Å²) in [6.45, 7) is 3.54. The number of rotatable bonds is 7. The fraction of sp³-hybridized carbons (Fsp3) is 0.400. The lowest BCUT2D eigenvalue weighted by molar-refractivity contribution is 0.238. The molecule has 0 spiro atoms. The predicted molar refractivity (Wildman–Crippen MR) is 102 cm³/mol. The van der Waals surface area contributed by atoms with Gasteiger partial charge in [0.2, 0.25) is 0 Å². The molecule has 1 heterocycles. The molecular formula is C20H24BrFN2O. The van der Waals surface area contributed by atoms with E-state index in [0.29, 0.717) is 18.2 Å². The van der Waals surface area contributed by atoms with Gasteiger partial charge < -0.3 is 10.1 Å². The standard InChI is InChI=1S/C20H24BrFN2O/c1-25-18-7-4-15(5-8-18)20(24-10-2-3-11-24)14-23-13-16-12-17(21)6-9-19(16)22/h4-9,12,20,23H,2-3,10-11,13-14H2,1H3. The van der Waals surface area contributed by atoms with E-state index >= 15 is 0 Å². The highest BCUT2D eigenvalue weighted by atomic mass is 79.9. The van der Waals surface area contributed by atoms with Crippen molar-refractivity contribution in [3.8, 4) is 5.75 Å². The summed E-state index contributed by atoms with van der Waals surface area (Å²) in [6, 6.07) is 13.6. The molecule has 3 nitrogen and oxygen atoms in total. The van der Waals surface area contributed by atoms with Gasteiger partial charge in [0.05, 0.1) is 7.11 Å². The summed E-state index contributed by atoms with van der Waals surface area (Å²) in [6.07, 6.45) is 2.49. The molecule has 2 aromatic rings. The molecule has 1 aliphatic rings. The largest absolute Gasteiger partial charge is 0.497 e. The number of likely N-dealkylation sites (tertiary alicyclic amines) is 1. The van der Waals surface area contributed by atoms with Gasteiger partial charge in [-0.05, 0) is 61.8 Å². The third-order valence-electron chi connectivity index (χ3n) is 4.74. The van der Waals surface area contributed by atoms with Gasteiger partial charge >= 0.3 is 0 Å². The molecule has 0 radical (unpaired) electrons. The van der Waals surface area contributed by atoms with Gasteiger partial charge in [-0.1, -0.05) is 28.1 Å². The van der Waals surface area contributed by atoms with Gasteiger partial charge in [0.25, 0.3) is 0 Å². The number of methoxy groups -OCH3 is 1. The molecule has 0 saturated carbocycles. The molecule has 0 amide bonds. The van der Waals surface area contributed by atoms with E-state index in [-0.39, 0.29) is 5.82 Å². The number of benzene rings is 2. The maximum Gasteiger partial charge on any atom is 0.127 e. The summed E-state index contributed by atoms with van der Waals surface area (Å²) in [4.78, 5) is 2.51. The minimum Gasteiger partial charge on any atom is -0.497 e. The van der Waals surface area contributed by atoms with Gasteiger partial charge in [-0.15, -0.1) is 0 Å². The molecule has 0 bridgehead atoms. The van der Waals surface area contributed by atoms with E-state index in [1.807, 2.05) is 18.2 Å². The lowest BCUT2D eigenvalue weighted by Gasteiger charge is -2.28. The number of ether oxygens (including phenoxy) is 1. The molecule has 1 N–H and O–H groups in total. The number of hydrogen-bond donors (Lipinski definition) is 1. The minimum absolute atomic E-state index is 0.169. The monoisotopic (exact) mass is 406 g/mol. The summed E-state index contributed by atoms with van der Waals surface area (Å²) >= 11 is 3.41. The molecule has 0 aromatic heterocycles. The van der Waals surface area contributed by atoms with Crippen LogP contribution in [0.2, 0.25) is 0 Å². The van der Waals surface area contributed by atoms with E-state index in [4.69, 9.17) is 4.74 Å². The van der Waals surface area contributed by atoms with Crippen molar-refractivity contribution in [3.63, 3.8) is 0 Å². The highest BCUT2D eigenvalue weighted by molar-refractivity contribution is 9.10. The van der Waals surface area contributed by atoms with Crippen LogP contribution >= 0.6 is 15.9 Å². The Labute approximate surface area is 157 Å². The SMILES string of the molecule is COc1ccc(C(CNCc2cc(Br)ccc2F)N2CCCC2)cc1. The highest BCUT2D eigenvalue weighted by Gasteiger charge is 2.23. The first kappa shape index (κ1) is 18.4. The molecule has 0 aliphatic carbocycles. The summed E-state index contributed by atoms with van der Waals surface area (Å²) < 4.78 is 20.1. The Morgan fingerprint density at radius 1 is 1.16 bits per heavy atom. The van der Waals surface area contributed by atoms with Crippen LogP contribution in [0, 0.1) is 5.82 Å². The zero-order valence-corrected chi connectivity index (χ0v) is 16.1. The van der Waals surface area contributed by atoms with Gasteiger partial charge in [-0.2, -0.15) is 0 Å². The molecule has 2 aromatic carbocycles. The van der Waals surface area contributed by atoms with E-state index in [2.05, 4.69) is 38.3 Å². The lowest BCUT2D eigenvalue weighted by Crippen LogP contribution is -2.34. The van der Waals surface area contributed by atoms with Crippen LogP contribution in [0.25, 0.3) is 0 Å². The molecule has 25 heavy (non-hydrogen) atoms. The van der Waals surface area contributed by atoms with Crippen molar-refractivity contribution in [2.45, 2.75) is 25.4 Å². The summed E-state index contributed by atoms with van der Waals surface area (Å²) in [7, 11) is 1.68. The van der Waals surface area contributed by atoms with E-state index in [1.54, 1.807) is 13.2 Å². The Morgan fingerprint density at radius 2 is 1.88 bits per heavy atom.